The Labute approximate surface area is 145 Å². The Kier molecular flexibility index (Phi) is 3.85. The van der Waals surface area contributed by atoms with Crippen molar-refractivity contribution < 1.29 is 4.79 Å². The standard InChI is InChI=1S/C19H17N5O/c20-19-21-10-13(11-22-19)15-6-3-7-17(23-15)18(25)24-16-9-8-12-4-1-2-5-14(12)16/h1-7,10-11,16H,8-9H2,(H,24,25)(H2,20,21,22)/t16-/m0/s1. The molecule has 2 aromatic heterocycles. The molecule has 0 saturated heterocycles. The van der Waals surface area contributed by atoms with Crippen molar-refractivity contribution in [1.29, 1.82) is 0 Å². The van der Waals surface area contributed by atoms with Gasteiger partial charge in [0.05, 0.1) is 11.7 Å². The maximum Gasteiger partial charge on any atom is 0.270 e. The van der Waals surface area contributed by atoms with Gasteiger partial charge in [-0.25, -0.2) is 15.0 Å². The molecule has 0 fully saturated rings. The number of nitrogens with one attached hydrogen (secondary N) is 1. The van der Waals surface area contributed by atoms with Gasteiger partial charge in [0.15, 0.2) is 0 Å². The van der Waals surface area contributed by atoms with Gasteiger partial charge in [-0.3, -0.25) is 4.79 Å². The fraction of sp³-hybridized carbons (Fsp3) is 0.158. The molecule has 1 amide bonds. The van der Waals surface area contributed by atoms with E-state index >= 15 is 0 Å². The van der Waals surface area contributed by atoms with Crippen molar-refractivity contribution in [2.45, 2.75) is 18.9 Å². The third kappa shape index (κ3) is 3.06. The van der Waals surface area contributed by atoms with Crippen LogP contribution in [0.2, 0.25) is 0 Å². The van der Waals surface area contributed by atoms with Gasteiger partial charge in [0.2, 0.25) is 5.95 Å². The van der Waals surface area contributed by atoms with Gasteiger partial charge >= 0.3 is 0 Å². The molecule has 1 aromatic carbocycles. The normalized spacial score (nSPS) is 15.6. The topological polar surface area (TPSA) is 93.8 Å². The highest BCUT2D eigenvalue weighted by atomic mass is 16.1. The highest BCUT2D eigenvalue weighted by molar-refractivity contribution is 5.93. The number of hydrogen-bond acceptors (Lipinski definition) is 5. The number of nitrogens with zero attached hydrogens (tertiary/aromatic N) is 3. The van der Waals surface area contributed by atoms with E-state index in [4.69, 9.17) is 5.73 Å². The number of anilines is 1. The molecule has 25 heavy (non-hydrogen) atoms. The first-order valence-corrected chi connectivity index (χ1v) is 8.14. The van der Waals surface area contributed by atoms with Crippen molar-refractivity contribution in [2.24, 2.45) is 0 Å². The molecule has 0 aliphatic heterocycles. The zero-order chi connectivity index (χ0) is 17.2. The fourth-order valence-corrected chi connectivity index (χ4v) is 3.13. The van der Waals surface area contributed by atoms with Crippen molar-refractivity contribution >= 4 is 11.9 Å². The Hall–Kier alpha value is -3.28. The van der Waals surface area contributed by atoms with Crippen LogP contribution < -0.4 is 11.1 Å². The van der Waals surface area contributed by atoms with E-state index in [0.29, 0.717) is 11.4 Å². The summed E-state index contributed by atoms with van der Waals surface area (Å²) in [6, 6.07) is 13.6. The molecule has 4 rings (SSSR count). The van der Waals surface area contributed by atoms with Gasteiger partial charge in [0.25, 0.3) is 5.91 Å². The van der Waals surface area contributed by atoms with Crippen LogP contribution in [-0.2, 0) is 6.42 Å². The predicted molar refractivity (Wildman–Crippen MR) is 94.6 cm³/mol. The quantitative estimate of drug-likeness (QED) is 0.769. The highest BCUT2D eigenvalue weighted by Crippen LogP contribution is 2.30. The predicted octanol–water partition coefficient (Wildman–Crippen LogP) is 2.54. The molecule has 1 aliphatic carbocycles. The second kappa shape index (κ2) is 6.32. The Morgan fingerprint density at radius 2 is 1.88 bits per heavy atom. The largest absolute Gasteiger partial charge is 0.368 e. The van der Waals surface area contributed by atoms with Gasteiger partial charge in [-0.1, -0.05) is 30.3 Å². The average molecular weight is 331 g/mol. The molecular formula is C19H17N5O. The summed E-state index contributed by atoms with van der Waals surface area (Å²) in [7, 11) is 0. The van der Waals surface area contributed by atoms with E-state index in [1.807, 2.05) is 18.2 Å². The second-order valence-corrected chi connectivity index (χ2v) is 6.00. The summed E-state index contributed by atoms with van der Waals surface area (Å²) >= 11 is 0. The maximum atomic E-state index is 12.6. The minimum Gasteiger partial charge on any atom is -0.368 e. The third-order valence-corrected chi connectivity index (χ3v) is 4.39. The number of pyridine rings is 1. The number of hydrogen-bond donors (Lipinski definition) is 2. The van der Waals surface area contributed by atoms with Crippen molar-refractivity contribution in [3.63, 3.8) is 0 Å². The summed E-state index contributed by atoms with van der Waals surface area (Å²) in [5.41, 5.74) is 9.73. The molecule has 1 aliphatic rings. The van der Waals surface area contributed by atoms with E-state index in [-0.39, 0.29) is 17.9 Å². The van der Waals surface area contributed by atoms with Crippen molar-refractivity contribution in [3.05, 3.63) is 71.7 Å². The number of benzene rings is 1. The van der Waals surface area contributed by atoms with Crippen LogP contribution in [0.3, 0.4) is 0 Å². The molecule has 124 valence electrons. The van der Waals surface area contributed by atoms with Gasteiger partial charge < -0.3 is 11.1 Å². The smallest absolute Gasteiger partial charge is 0.270 e. The Balaban J connectivity index is 1.55. The van der Waals surface area contributed by atoms with Crippen molar-refractivity contribution in [1.82, 2.24) is 20.3 Å². The van der Waals surface area contributed by atoms with Gasteiger partial charge in [0, 0.05) is 18.0 Å². The van der Waals surface area contributed by atoms with Gasteiger partial charge in [-0.15, -0.1) is 0 Å². The van der Waals surface area contributed by atoms with Gasteiger partial charge in [-0.05, 0) is 36.1 Å². The van der Waals surface area contributed by atoms with E-state index in [1.54, 1.807) is 24.5 Å². The maximum absolute atomic E-state index is 12.6. The molecule has 3 N–H and O–H groups in total. The molecule has 0 unspecified atom stereocenters. The summed E-state index contributed by atoms with van der Waals surface area (Å²) in [5.74, 6) is 0.0254. The molecule has 6 nitrogen and oxygen atoms in total. The van der Waals surface area contributed by atoms with Crippen LogP contribution in [0.4, 0.5) is 5.95 Å². The minimum atomic E-state index is -0.181. The summed E-state index contributed by atoms with van der Waals surface area (Å²) in [5, 5.41) is 3.09. The summed E-state index contributed by atoms with van der Waals surface area (Å²) in [6.07, 6.45) is 5.09. The average Bonchev–Trinajstić information content (AvgIpc) is 3.05. The third-order valence-electron chi connectivity index (χ3n) is 4.39. The number of amides is 1. The molecular weight excluding hydrogens is 314 g/mol. The van der Waals surface area contributed by atoms with E-state index in [1.165, 1.54) is 11.1 Å². The van der Waals surface area contributed by atoms with E-state index in [0.717, 1.165) is 18.4 Å². The Bertz CT molecular complexity index is 923. The number of aromatic nitrogens is 3. The Morgan fingerprint density at radius 1 is 1.08 bits per heavy atom. The van der Waals surface area contributed by atoms with Crippen LogP contribution in [0, 0.1) is 0 Å². The number of nitrogen functional groups attached to an aromatic ring is 1. The molecule has 1 atom stereocenters. The highest BCUT2D eigenvalue weighted by Gasteiger charge is 2.24. The number of nitrogens with two attached hydrogens (primary N) is 1. The summed E-state index contributed by atoms with van der Waals surface area (Å²) < 4.78 is 0. The monoisotopic (exact) mass is 331 g/mol. The number of fused-ring (bicyclic) bond motifs is 1. The van der Waals surface area contributed by atoms with Crippen molar-refractivity contribution in [2.75, 3.05) is 5.73 Å². The number of carbonyl (C=O) groups excluding carboxylic acids is 1. The van der Waals surface area contributed by atoms with Crippen LogP contribution in [0.5, 0.6) is 0 Å². The van der Waals surface area contributed by atoms with Crippen LogP contribution in [0.15, 0.2) is 54.9 Å². The lowest BCUT2D eigenvalue weighted by molar-refractivity contribution is 0.0932. The lowest BCUT2D eigenvalue weighted by atomic mass is 10.1. The second-order valence-electron chi connectivity index (χ2n) is 6.00. The Morgan fingerprint density at radius 3 is 2.72 bits per heavy atom. The molecule has 6 heteroatoms. The molecule has 2 heterocycles. The number of carbonyl (C=O) groups is 1. The first-order valence-electron chi connectivity index (χ1n) is 8.14. The summed E-state index contributed by atoms with van der Waals surface area (Å²) in [4.78, 5) is 25.0. The number of rotatable bonds is 3. The van der Waals surface area contributed by atoms with Crippen LogP contribution in [0.1, 0.15) is 34.1 Å². The lowest BCUT2D eigenvalue weighted by Crippen LogP contribution is -2.27. The lowest BCUT2D eigenvalue weighted by Gasteiger charge is -2.14. The zero-order valence-electron chi connectivity index (χ0n) is 13.5. The van der Waals surface area contributed by atoms with E-state index in [2.05, 4.69) is 32.4 Å². The van der Waals surface area contributed by atoms with E-state index in [9.17, 15) is 4.79 Å². The van der Waals surface area contributed by atoms with Crippen LogP contribution >= 0.6 is 0 Å². The first kappa shape index (κ1) is 15.3. The number of aryl methyl sites for hydroxylation is 1. The van der Waals surface area contributed by atoms with Gasteiger partial charge in [-0.2, -0.15) is 0 Å². The summed E-state index contributed by atoms with van der Waals surface area (Å²) in [6.45, 7) is 0. The van der Waals surface area contributed by atoms with Crippen molar-refractivity contribution in [3.8, 4) is 11.3 Å². The first-order chi connectivity index (χ1) is 12.2. The molecule has 0 saturated carbocycles. The zero-order valence-corrected chi connectivity index (χ0v) is 13.5. The molecule has 0 bridgehead atoms. The fourth-order valence-electron chi connectivity index (χ4n) is 3.13. The molecule has 3 aromatic rings. The molecule has 0 spiro atoms. The SMILES string of the molecule is Nc1ncc(-c2cccc(C(=O)N[C@H]3CCc4ccccc43)n2)cn1. The van der Waals surface area contributed by atoms with Gasteiger partial charge in [0.1, 0.15) is 5.69 Å². The van der Waals surface area contributed by atoms with Crippen LogP contribution in [0.25, 0.3) is 11.3 Å². The van der Waals surface area contributed by atoms with Crippen LogP contribution in [-0.4, -0.2) is 20.9 Å². The minimum absolute atomic E-state index is 0.0361. The molecule has 0 radical (unpaired) electrons. The van der Waals surface area contributed by atoms with E-state index < -0.39 is 0 Å².